The average Bonchev–Trinajstić information content (AvgIpc) is 2.50. The zero-order valence-corrected chi connectivity index (χ0v) is 8.12. The van der Waals surface area contributed by atoms with Crippen LogP contribution in [0.25, 0.3) is 0 Å². The van der Waals surface area contributed by atoms with Crippen molar-refractivity contribution in [3.05, 3.63) is 12.7 Å². The van der Waals surface area contributed by atoms with E-state index in [1.165, 1.54) is 0 Å². The Hall–Kier alpha value is -0.830. The summed E-state index contributed by atoms with van der Waals surface area (Å²) in [6, 6.07) is 0. The van der Waals surface area contributed by atoms with Crippen LogP contribution in [0.2, 0.25) is 0 Å². The van der Waals surface area contributed by atoms with Gasteiger partial charge < -0.3 is 5.11 Å². The van der Waals surface area contributed by atoms with Crippen LogP contribution in [0.3, 0.4) is 0 Å². The molecule has 74 valence electrons. The van der Waals surface area contributed by atoms with Gasteiger partial charge in [0.15, 0.2) is 0 Å². The van der Waals surface area contributed by atoms with Gasteiger partial charge in [-0.15, -0.1) is 6.58 Å². The Labute approximate surface area is 79.0 Å². The molecule has 1 aliphatic rings. The van der Waals surface area contributed by atoms with Gasteiger partial charge in [0.2, 0.25) is 0 Å². The number of carbonyl (C=O) groups is 1. The second kappa shape index (κ2) is 3.92. The Kier molecular flexibility index (Phi) is 3.09. The van der Waals surface area contributed by atoms with E-state index in [2.05, 4.69) is 11.5 Å². The summed E-state index contributed by atoms with van der Waals surface area (Å²) in [6.45, 7) is 7.96. The van der Waals surface area contributed by atoms with Crippen molar-refractivity contribution in [3.8, 4) is 0 Å². The number of rotatable bonds is 4. The zero-order chi connectivity index (χ0) is 9.90. The molecule has 1 heterocycles. The smallest absolute Gasteiger partial charge is 0.310 e. The first-order chi connectivity index (χ1) is 6.14. The van der Waals surface area contributed by atoms with Crippen LogP contribution in [0.15, 0.2) is 12.7 Å². The van der Waals surface area contributed by atoms with E-state index in [0.29, 0.717) is 6.54 Å². The van der Waals surface area contributed by atoms with E-state index in [0.717, 1.165) is 25.9 Å². The maximum atomic E-state index is 11.1. The molecule has 0 aromatic rings. The minimum absolute atomic E-state index is 0.497. The summed E-state index contributed by atoms with van der Waals surface area (Å²) >= 11 is 0. The quantitative estimate of drug-likeness (QED) is 0.669. The first kappa shape index (κ1) is 10.3. The lowest BCUT2D eigenvalue weighted by Gasteiger charge is -2.22. The molecule has 13 heavy (non-hydrogen) atoms. The van der Waals surface area contributed by atoms with Gasteiger partial charge in [-0.05, 0) is 19.4 Å². The highest BCUT2D eigenvalue weighted by Crippen LogP contribution is 2.33. The second-order valence-corrected chi connectivity index (χ2v) is 3.71. The fourth-order valence-corrected chi connectivity index (χ4v) is 1.91. The molecule has 3 heteroatoms. The van der Waals surface area contributed by atoms with Crippen LogP contribution < -0.4 is 0 Å². The molecule has 1 fully saturated rings. The van der Waals surface area contributed by atoms with Crippen LogP contribution in [-0.2, 0) is 4.79 Å². The first-order valence-electron chi connectivity index (χ1n) is 4.71. The largest absolute Gasteiger partial charge is 0.481 e. The van der Waals surface area contributed by atoms with Crippen LogP contribution >= 0.6 is 0 Å². The molecule has 0 aromatic heterocycles. The van der Waals surface area contributed by atoms with Crippen molar-refractivity contribution in [1.29, 1.82) is 0 Å². The number of likely N-dealkylation sites (tertiary alicyclic amines) is 1. The molecule has 0 aliphatic carbocycles. The van der Waals surface area contributed by atoms with Crippen LogP contribution in [-0.4, -0.2) is 35.6 Å². The Balaban J connectivity index is 2.62. The Morgan fingerprint density at radius 3 is 2.85 bits per heavy atom. The van der Waals surface area contributed by atoms with Gasteiger partial charge in [0.1, 0.15) is 0 Å². The summed E-state index contributed by atoms with van der Waals surface area (Å²) < 4.78 is 0. The van der Waals surface area contributed by atoms with Gasteiger partial charge in [0, 0.05) is 13.1 Å². The molecule has 1 unspecified atom stereocenters. The number of carboxylic acids is 1. The molecule has 0 amide bonds. The zero-order valence-electron chi connectivity index (χ0n) is 8.12. The Bertz CT molecular complexity index is 215. The molecule has 1 aliphatic heterocycles. The van der Waals surface area contributed by atoms with E-state index < -0.39 is 11.4 Å². The van der Waals surface area contributed by atoms with Gasteiger partial charge >= 0.3 is 5.97 Å². The topological polar surface area (TPSA) is 40.5 Å². The van der Waals surface area contributed by atoms with E-state index in [9.17, 15) is 4.79 Å². The summed E-state index contributed by atoms with van der Waals surface area (Å²) in [5.41, 5.74) is -0.497. The summed E-state index contributed by atoms with van der Waals surface area (Å²) in [4.78, 5) is 13.2. The van der Waals surface area contributed by atoms with Crippen molar-refractivity contribution in [1.82, 2.24) is 4.90 Å². The van der Waals surface area contributed by atoms with Gasteiger partial charge in [-0.25, -0.2) is 0 Å². The molecule has 1 saturated heterocycles. The molecule has 3 nitrogen and oxygen atoms in total. The maximum absolute atomic E-state index is 11.1. The van der Waals surface area contributed by atoms with Crippen molar-refractivity contribution in [2.75, 3.05) is 19.6 Å². The first-order valence-corrected chi connectivity index (χ1v) is 4.71. The lowest BCUT2D eigenvalue weighted by molar-refractivity contribution is -0.148. The predicted molar refractivity (Wildman–Crippen MR) is 51.6 cm³/mol. The highest BCUT2D eigenvalue weighted by Gasteiger charge is 2.42. The van der Waals surface area contributed by atoms with Crippen LogP contribution in [0.5, 0.6) is 0 Å². The molecule has 1 atom stereocenters. The van der Waals surface area contributed by atoms with E-state index >= 15 is 0 Å². The average molecular weight is 183 g/mol. The molecule has 0 bridgehead atoms. The SMILES string of the molecule is C=CCN1CCC(CC)(C(=O)O)C1. The van der Waals surface area contributed by atoms with Gasteiger partial charge in [-0.3, -0.25) is 9.69 Å². The summed E-state index contributed by atoms with van der Waals surface area (Å²) in [7, 11) is 0. The highest BCUT2D eigenvalue weighted by atomic mass is 16.4. The minimum atomic E-state index is -0.651. The van der Waals surface area contributed by atoms with Gasteiger partial charge in [0.05, 0.1) is 5.41 Å². The normalized spacial score (nSPS) is 29.0. The number of carboxylic acid groups (broad SMARTS) is 1. The fraction of sp³-hybridized carbons (Fsp3) is 0.700. The van der Waals surface area contributed by atoms with E-state index in [-0.39, 0.29) is 0 Å². The maximum Gasteiger partial charge on any atom is 0.310 e. The van der Waals surface area contributed by atoms with E-state index in [1.807, 2.05) is 13.0 Å². The summed E-state index contributed by atoms with van der Waals surface area (Å²) in [5, 5.41) is 9.10. The van der Waals surface area contributed by atoms with Crippen molar-refractivity contribution in [2.24, 2.45) is 5.41 Å². The Morgan fingerprint density at radius 1 is 1.77 bits per heavy atom. The molecule has 1 N–H and O–H groups in total. The minimum Gasteiger partial charge on any atom is -0.481 e. The summed E-state index contributed by atoms with van der Waals surface area (Å²) in [5.74, 6) is -0.651. The molecule has 0 radical (unpaired) electrons. The highest BCUT2D eigenvalue weighted by molar-refractivity contribution is 5.75. The van der Waals surface area contributed by atoms with Crippen LogP contribution in [0.4, 0.5) is 0 Å². The third-order valence-electron chi connectivity index (χ3n) is 2.95. The monoisotopic (exact) mass is 183 g/mol. The third-order valence-corrected chi connectivity index (χ3v) is 2.95. The van der Waals surface area contributed by atoms with Crippen molar-refractivity contribution < 1.29 is 9.90 Å². The van der Waals surface area contributed by atoms with Crippen LogP contribution in [0, 0.1) is 5.41 Å². The lowest BCUT2D eigenvalue weighted by Crippen LogP contribution is -2.34. The van der Waals surface area contributed by atoms with E-state index in [4.69, 9.17) is 5.11 Å². The van der Waals surface area contributed by atoms with Crippen molar-refractivity contribution >= 4 is 5.97 Å². The van der Waals surface area contributed by atoms with Crippen molar-refractivity contribution in [3.63, 3.8) is 0 Å². The molecule has 1 rings (SSSR count). The molecule has 0 saturated carbocycles. The Morgan fingerprint density at radius 2 is 2.46 bits per heavy atom. The number of hydrogen-bond donors (Lipinski definition) is 1. The second-order valence-electron chi connectivity index (χ2n) is 3.71. The van der Waals surface area contributed by atoms with Gasteiger partial charge in [0.25, 0.3) is 0 Å². The number of aliphatic carboxylic acids is 1. The predicted octanol–water partition coefficient (Wildman–Crippen LogP) is 1.36. The summed E-state index contributed by atoms with van der Waals surface area (Å²) in [6.07, 6.45) is 3.32. The molecule has 0 spiro atoms. The van der Waals surface area contributed by atoms with Crippen LogP contribution in [0.1, 0.15) is 19.8 Å². The molecular formula is C10H17NO2. The molecule has 0 aromatic carbocycles. The standard InChI is InChI=1S/C10H17NO2/c1-3-6-11-7-5-10(4-2,8-11)9(12)13/h3H,1,4-8H2,2H3,(H,12,13). The molecular weight excluding hydrogens is 166 g/mol. The lowest BCUT2D eigenvalue weighted by atomic mass is 9.84. The van der Waals surface area contributed by atoms with Crippen molar-refractivity contribution in [2.45, 2.75) is 19.8 Å². The van der Waals surface area contributed by atoms with Gasteiger partial charge in [-0.1, -0.05) is 13.0 Å². The van der Waals surface area contributed by atoms with E-state index in [1.54, 1.807) is 0 Å². The van der Waals surface area contributed by atoms with Gasteiger partial charge in [-0.2, -0.15) is 0 Å². The number of nitrogens with zero attached hydrogens (tertiary/aromatic N) is 1. The number of hydrogen-bond acceptors (Lipinski definition) is 2. The third kappa shape index (κ3) is 1.91. The fourth-order valence-electron chi connectivity index (χ4n) is 1.91.